The van der Waals surface area contributed by atoms with Crippen molar-refractivity contribution in [3.05, 3.63) is 178 Å². The minimum absolute atomic E-state index is 0.0343. The van der Waals surface area contributed by atoms with Crippen LogP contribution < -0.4 is 5.32 Å². The lowest BCUT2D eigenvalue weighted by Crippen LogP contribution is -2.36. The fraction of sp³-hybridized carbons (Fsp3) is 0.0952. The van der Waals surface area contributed by atoms with Crippen molar-refractivity contribution in [1.29, 1.82) is 0 Å². The largest absolute Gasteiger partial charge is 0.324 e. The van der Waals surface area contributed by atoms with Crippen molar-refractivity contribution in [3.63, 3.8) is 0 Å². The molecule has 0 saturated heterocycles. The first-order chi connectivity index (χ1) is 23.0. The summed E-state index contributed by atoms with van der Waals surface area (Å²) in [5.41, 5.74) is 5.89. The molecule has 6 aromatic rings. The second-order valence-electron chi connectivity index (χ2n) is 12.3. The number of halogens is 2. The number of hydrogen-bond acceptors (Lipinski definition) is 3. The third-order valence-corrected chi connectivity index (χ3v) is 9.58. The molecule has 0 bridgehead atoms. The minimum atomic E-state index is -3.12. The fourth-order valence-corrected chi connectivity index (χ4v) is 7.20. The number of rotatable bonds is 4. The molecule has 5 heteroatoms. The molecular formula is C42H29F2N3. The van der Waals surface area contributed by atoms with Crippen molar-refractivity contribution >= 4 is 44.4 Å². The molecule has 0 amide bonds. The van der Waals surface area contributed by atoms with Gasteiger partial charge in [0.15, 0.2) is 6.17 Å². The number of fused-ring (bicyclic) bond motifs is 5. The van der Waals surface area contributed by atoms with Crippen LogP contribution in [0.4, 0.5) is 8.78 Å². The van der Waals surface area contributed by atoms with Crippen LogP contribution in [0.25, 0.3) is 32.7 Å². The molecule has 0 radical (unpaired) electrons. The summed E-state index contributed by atoms with van der Waals surface area (Å²) < 4.78 is 32.9. The van der Waals surface area contributed by atoms with Crippen LogP contribution in [0.3, 0.4) is 0 Å². The molecule has 3 nitrogen and oxygen atoms in total. The Hall–Kier alpha value is -5.68. The first-order valence-corrected chi connectivity index (χ1v) is 16.0. The van der Waals surface area contributed by atoms with Crippen LogP contribution in [0.1, 0.15) is 52.4 Å². The normalized spacial score (nSPS) is 18.3. The van der Waals surface area contributed by atoms with E-state index in [0.29, 0.717) is 35.6 Å². The van der Waals surface area contributed by atoms with Crippen LogP contribution in [0.5, 0.6) is 0 Å². The van der Waals surface area contributed by atoms with Crippen molar-refractivity contribution in [3.8, 4) is 0 Å². The number of amidine groups is 2. The fourth-order valence-electron chi connectivity index (χ4n) is 7.20. The molecule has 0 fully saturated rings. The molecular weight excluding hydrogens is 584 g/mol. The van der Waals surface area contributed by atoms with Crippen molar-refractivity contribution in [2.24, 2.45) is 9.98 Å². The molecule has 1 aliphatic heterocycles. The van der Waals surface area contributed by atoms with Crippen LogP contribution in [0.2, 0.25) is 0 Å². The molecule has 47 heavy (non-hydrogen) atoms. The van der Waals surface area contributed by atoms with Gasteiger partial charge in [-0.1, -0.05) is 121 Å². The summed E-state index contributed by atoms with van der Waals surface area (Å²) in [7, 11) is 0. The number of nitrogens with one attached hydrogen (secondary N) is 1. The smallest absolute Gasteiger partial charge is 0.299 e. The summed E-state index contributed by atoms with van der Waals surface area (Å²) in [6.07, 6.45) is 2.52. The monoisotopic (exact) mass is 613 g/mol. The zero-order valence-corrected chi connectivity index (χ0v) is 25.4. The molecule has 0 aromatic heterocycles. The van der Waals surface area contributed by atoms with Crippen LogP contribution in [0.15, 0.2) is 155 Å². The Labute approximate surface area is 271 Å². The maximum absolute atomic E-state index is 16.4. The van der Waals surface area contributed by atoms with E-state index in [-0.39, 0.29) is 11.1 Å². The standard InChI is InChI=1S/C42H29F2N3/c43-42(44)37-24-30(29-17-20-34-31(23-29)16-15-26-9-7-8-14-33(26)34)18-21-35(37)36-22-19-32(25-38(36)42)41-46-39(27-10-3-1-4-11-27)45-40(47-41)28-12-5-2-6-13-28/h1-17,19-20,22-25,39H,18,21H2,(H,45,46,47). The van der Waals surface area contributed by atoms with Crippen LogP contribution in [0, 0.1) is 0 Å². The number of nitrogens with zero attached hydrogens (tertiary/aromatic N) is 2. The highest BCUT2D eigenvalue weighted by molar-refractivity contribution is 6.16. The van der Waals surface area contributed by atoms with Gasteiger partial charge in [0.05, 0.1) is 0 Å². The predicted octanol–water partition coefficient (Wildman–Crippen LogP) is 10.2. The highest BCUT2D eigenvalue weighted by Crippen LogP contribution is 2.54. The van der Waals surface area contributed by atoms with E-state index in [2.05, 4.69) is 47.8 Å². The van der Waals surface area contributed by atoms with Gasteiger partial charge < -0.3 is 5.32 Å². The minimum Gasteiger partial charge on any atom is -0.324 e. The van der Waals surface area contributed by atoms with E-state index in [1.165, 1.54) is 16.2 Å². The van der Waals surface area contributed by atoms with E-state index in [1.807, 2.05) is 84.9 Å². The number of benzene rings is 6. The van der Waals surface area contributed by atoms with Gasteiger partial charge >= 0.3 is 0 Å². The first-order valence-electron chi connectivity index (χ1n) is 16.0. The summed E-state index contributed by atoms with van der Waals surface area (Å²) in [4.78, 5) is 9.79. The third-order valence-electron chi connectivity index (χ3n) is 9.58. The summed E-state index contributed by atoms with van der Waals surface area (Å²) in [5, 5.41) is 8.02. The van der Waals surface area contributed by atoms with Gasteiger partial charge in [-0.3, -0.25) is 0 Å². The van der Waals surface area contributed by atoms with Gasteiger partial charge in [-0.2, -0.15) is 8.78 Å². The van der Waals surface area contributed by atoms with Gasteiger partial charge in [0.2, 0.25) is 0 Å². The lowest BCUT2D eigenvalue weighted by atomic mass is 9.87. The summed E-state index contributed by atoms with van der Waals surface area (Å²) >= 11 is 0. The molecule has 9 rings (SSSR count). The first kappa shape index (κ1) is 27.6. The molecule has 1 N–H and O–H groups in total. The SMILES string of the molecule is FC1(F)C2=C(CCC(c3ccc4c(ccc5ccccc54)c3)=C2)c2ccc(C3=NC(c4ccccc4)N=C(c4ccccc4)N3)cc21. The zero-order chi connectivity index (χ0) is 31.5. The Morgan fingerprint density at radius 3 is 2.11 bits per heavy atom. The Morgan fingerprint density at radius 2 is 1.28 bits per heavy atom. The third kappa shape index (κ3) is 4.61. The second-order valence-corrected chi connectivity index (χ2v) is 12.3. The quantitative estimate of drug-likeness (QED) is 0.197. The molecule has 2 aliphatic carbocycles. The molecule has 0 spiro atoms. The summed E-state index contributed by atoms with van der Waals surface area (Å²) in [6.45, 7) is 0. The lowest BCUT2D eigenvalue weighted by molar-refractivity contribution is 0.0458. The average molecular weight is 614 g/mol. The zero-order valence-electron chi connectivity index (χ0n) is 25.4. The Balaban J connectivity index is 1.07. The van der Waals surface area contributed by atoms with Gasteiger partial charge in [-0.05, 0) is 80.4 Å². The topological polar surface area (TPSA) is 36.8 Å². The molecule has 1 atom stereocenters. The van der Waals surface area contributed by atoms with Crippen LogP contribution >= 0.6 is 0 Å². The van der Waals surface area contributed by atoms with Gasteiger partial charge in [-0.15, -0.1) is 0 Å². The van der Waals surface area contributed by atoms with Crippen LogP contribution in [-0.4, -0.2) is 11.7 Å². The van der Waals surface area contributed by atoms with E-state index in [9.17, 15) is 0 Å². The number of aliphatic imine (C=N–C) groups is 2. The predicted molar refractivity (Wildman–Crippen MR) is 188 cm³/mol. The van der Waals surface area contributed by atoms with Crippen molar-refractivity contribution in [1.82, 2.24) is 5.32 Å². The van der Waals surface area contributed by atoms with Gasteiger partial charge in [0.25, 0.3) is 5.92 Å². The highest BCUT2D eigenvalue weighted by atomic mass is 19.3. The summed E-state index contributed by atoms with van der Waals surface area (Å²) in [6, 6.07) is 43.9. The lowest BCUT2D eigenvalue weighted by Gasteiger charge is -2.23. The number of hydrogen-bond donors (Lipinski definition) is 1. The van der Waals surface area contributed by atoms with Crippen molar-refractivity contribution in [2.45, 2.75) is 24.9 Å². The van der Waals surface area contributed by atoms with E-state index in [1.54, 1.807) is 12.1 Å². The Morgan fingerprint density at radius 1 is 0.596 bits per heavy atom. The molecule has 0 saturated carbocycles. The van der Waals surface area contributed by atoms with E-state index < -0.39 is 12.1 Å². The highest BCUT2D eigenvalue weighted by Gasteiger charge is 2.46. The number of alkyl halides is 2. The molecule has 226 valence electrons. The Kier molecular flexibility index (Phi) is 6.29. The molecule has 1 unspecified atom stereocenters. The molecule has 1 heterocycles. The van der Waals surface area contributed by atoms with Gasteiger partial charge in [0, 0.05) is 22.3 Å². The van der Waals surface area contributed by atoms with E-state index in [4.69, 9.17) is 9.98 Å². The van der Waals surface area contributed by atoms with Crippen LogP contribution in [-0.2, 0) is 5.92 Å². The van der Waals surface area contributed by atoms with Gasteiger partial charge in [-0.25, -0.2) is 9.98 Å². The maximum atomic E-state index is 16.4. The maximum Gasteiger partial charge on any atom is 0.299 e. The Bertz CT molecular complexity index is 2350. The average Bonchev–Trinajstić information content (AvgIpc) is 3.36. The number of allylic oxidation sites excluding steroid dienone is 4. The van der Waals surface area contributed by atoms with Gasteiger partial charge in [0.1, 0.15) is 11.7 Å². The van der Waals surface area contributed by atoms with E-state index in [0.717, 1.165) is 33.2 Å². The van der Waals surface area contributed by atoms with E-state index >= 15 is 8.78 Å². The molecule has 6 aromatic carbocycles. The summed E-state index contributed by atoms with van der Waals surface area (Å²) in [5.74, 6) is -1.94. The second kappa shape index (κ2) is 10.7. The van der Waals surface area contributed by atoms with Crippen molar-refractivity contribution < 1.29 is 8.78 Å². The molecule has 3 aliphatic rings. The van der Waals surface area contributed by atoms with Crippen molar-refractivity contribution in [2.75, 3.05) is 0 Å².